The molecule has 2 bridgehead atoms. The summed E-state index contributed by atoms with van der Waals surface area (Å²) in [6.45, 7) is 0.896. The fraction of sp³-hybridized carbons (Fsp3) is 0.429. The zero-order valence-electron chi connectivity index (χ0n) is 10.8. The molecule has 0 radical (unpaired) electrons. The minimum atomic E-state index is -4.95. The van der Waals surface area contributed by atoms with Crippen molar-refractivity contribution >= 4 is 16.2 Å². The van der Waals surface area contributed by atoms with E-state index in [0.717, 1.165) is 18.2 Å². The minimum absolute atomic E-state index is 0.0269. The van der Waals surface area contributed by atoms with E-state index in [1.54, 1.807) is 12.1 Å². The van der Waals surface area contributed by atoms with Crippen LogP contribution < -0.4 is 9.50 Å². The molecule has 0 aliphatic heterocycles. The number of allylic oxidation sites excluding steroid dienone is 2. The second kappa shape index (κ2) is 5.09. The predicted molar refractivity (Wildman–Crippen MR) is 74.4 cm³/mol. The number of fused-ring (bicyclic) bond motifs is 2. The largest absolute Gasteiger partial charge is 0.488 e. The van der Waals surface area contributed by atoms with Crippen molar-refractivity contribution < 1.29 is 16.5 Å². The maximum atomic E-state index is 12.3. The number of nitrogens with one attached hydrogen (secondary N) is 1. The molecule has 0 aromatic heterocycles. The zero-order chi connectivity index (χ0) is 14.2. The van der Waals surface area contributed by atoms with Gasteiger partial charge in [-0.15, -0.1) is 0 Å². The second-order valence-electron chi connectivity index (χ2n) is 5.42. The van der Waals surface area contributed by atoms with Crippen LogP contribution in [0, 0.1) is 17.8 Å². The van der Waals surface area contributed by atoms with Crippen LogP contribution in [0.25, 0.3) is 0 Å². The summed E-state index contributed by atoms with van der Waals surface area (Å²) in [6, 6.07) is 6.23. The summed E-state index contributed by atoms with van der Waals surface area (Å²) in [5.41, 5.74) is 0.875. The molecule has 2 aliphatic rings. The number of hydrogen-bond acceptors (Lipinski definition) is 4. The van der Waals surface area contributed by atoms with Crippen LogP contribution in [0.1, 0.15) is 12.8 Å². The molecule has 6 heteroatoms. The molecule has 2 aliphatic carbocycles. The lowest BCUT2D eigenvalue weighted by Gasteiger charge is -2.19. The highest BCUT2D eigenvalue weighted by molar-refractivity contribution is 7.81. The highest BCUT2D eigenvalue weighted by atomic mass is 32.3. The third-order valence-electron chi connectivity index (χ3n) is 4.03. The van der Waals surface area contributed by atoms with Crippen molar-refractivity contribution in [2.75, 3.05) is 11.9 Å². The summed E-state index contributed by atoms with van der Waals surface area (Å²) in [5.74, 6) is 2.07. The molecule has 0 amide bonds. The maximum absolute atomic E-state index is 12.3. The Morgan fingerprint density at radius 1 is 1.20 bits per heavy atom. The number of benzene rings is 1. The van der Waals surface area contributed by atoms with Gasteiger partial charge < -0.3 is 9.50 Å². The molecule has 3 rings (SSSR count). The first-order chi connectivity index (χ1) is 9.49. The van der Waals surface area contributed by atoms with Crippen molar-refractivity contribution in [1.29, 1.82) is 0 Å². The standard InChI is InChI=1S/C14H16FNO3S/c15-20(17,18)19-14-5-3-13(4-6-14)16-9-12-8-10-1-2-11(12)7-10/h1-6,10-12,16H,7-9H2. The highest BCUT2D eigenvalue weighted by Crippen LogP contribution is 2.43. The third-order valence-corrected chi connectivity index (χ3v) is 4.43. The Hall–Kier alpha value is -1.56. The van der Waals surface area contributed by atoms with Gasteiger partial charge in [0.25, 0.3) is 0 Å². The van der Waals surface area contributed by atoms with Crippen molar-refractivity contribution in [2.24, 2.45) is 17.8 Å². The molecule has 1 saturated carbocycles. The van der Waals surface area contributed by atoms with Gasteiger partial charge in [0.05, 0.1) is 0 Å². The van der Waals surface area contributed by atoms with Crippen molar-refractivity contribution in [1.82, 2.24) is 0 Å². The van der Waals surface area contributed by atoms with Gasteiger partial charge in [0, 0.05) is 12.2 Å². The molecule has 1 fully saturated rings. The molecule has 0 saturated heterocycles. The molecular formula is C14H16FNO3S. The Kier molecular flexibility index (Phi) is 3.41. The maximum Gasteiger partial charge on any atom is 0.488 e. The summed E-state index contributed by atoms with van der Waals surface area (Å²) in [5, 5.41) is 3.33. The van der Waals surface area contributed by atoms with Crippen molar-refractivity contribution in [3.63, 3.8) is 0 Å². The first-order valence-corrected chi connectivity index (χ1v) is 7.97. The number of rotatable bonds is 5. The van der Waals surface area contributed by atoms with Gasteiger partial charge in [-0.1, -0.05) is 16.0 Å². The summed E-state index contributed by atoms with van der Waals surface area (Å²) < 4.78 is 37.2. The highest BCUT2D eigenvalue weighted by Gasteiger charge is 2.35. The summed E-state index contributed by atoms with van der Waals surface area (Å²) in [6.07, 6.45) is 7.12. The molecule has 0 spiro atoms. The van der Waals surface area contributed by atoms with Crippen LogP contribution in [0.5, 0.6) is 5.75 Å². The lowest BCUT2D eigenvalue weighted by atomic mass is 9.93. The van der Waals surface area contributed by atoms with Crippen molar-refractivity contribution in [3.05, 3.63) is 36.4 Å². The Morgan fingerprint density at radius 2 is 1.95 bits per heavy atom. The second-order valence-corrected chi connectivity index (χ2v) is 6.37. The number of anilines is 1. The number of hydrogen-bond donors (Lipinski definition) is 1. The van der Waals surface area contributed by atoms with E-state index < -0.39 is 10.5 Å². The van der Waals surface area contributed by atoms with Gasteiger partial charge >= 0.3 is 10.5 Å². The average Bonchev–Trinajstić information content (AvgIpc) is 2.98. The summed E-state index contributed by atoms with van der Waals surface area (Å²) in [7, 11) is -4.95. The van der Waals surface area contributed by atoms with Crippen LogP contribution in [-0.4, -0.2) is 15.0 Å². The van der Waals surface area contributed by atoms with Crippen LogP contribution in [-0.2, 0) is 10.5 Å². The first-order valence-electron chi connectivity index (χ1n) is 6.66. The van der Waals surface area contributed by atoms with E-state index in [1.165, 1.54) is 25.0 Å². The molecule has 0 heterocycles. The van der Waals surface area contributed by atoms with E-state index in [4.69, 9.17) is 0 Å². The fourth-order valence-corrected chi connectivity index (χ4v) is 3.46. The smallest absolute Gasteiger partial charge is 0.385 e. The summed E-state index contributed by atoms with van der Waals surface area (Å²) >= 11 is 0. The van der Waals surface area contributed by atoms with E-state index >= 15 is 0 Å². The molecule has 1 aromatic rings. The van der Waals surface area contributed by atoms with Crippen LogP contribution in [0.4, 0.5) is 9.57 Å². The van der Waals surface area contributed by atoms with Crippen LogP contribution in [0.3, 0.4) is 0 Å². The minimum Gasteiger partial charge on any atom is -0.385 e. The fourth-order valence-electron chi connectivity index (χ4n) is 3.12. The van der Waals surface area contributed by atoms with Crippen LogP contribution in [0.15, 0.2) is 36.4 Å². The third kappa shape index (κ3) is 3.12. The quantitative estimate of drug-likeness (QED) is 0.670. The van der Waals surface area contributed by atoms with Crippen LogP contribution in [0.2, 0.25) is 0 Å². The molecule has 20 heavy (non-hydrogen) atoms. The summed E-state index contributed by atoms with van der Waals surface area (Å²) in [4.78, 5) is 0. The lowest BCUT2D eigenvalue weighted by Crippen LogP contribution is -2.18. The Balaban J connectivity index is 1.55. The Labute approximate surface area is 118 Å². The van der Waals surface area contributed by atoms with Gasteiger partial charge in [-0.2, -0.15) is 8.42 Å². The molecule has 1 aromatic carbocycles. The zero-order valence-corrected chi connectivity index (χ0v) is 11.6. The Morgan fingerprint density at radius 3 is 2.50 bits per heavy atom. The lowest BCUT2D eigenvalue weighted by molar-refractivity contribution is 0.440. The molecule has 3 unspecified atom stereocenters. The topological polar surface area (TPSA) is 55.4 Å². The molecule has 1 N–H and O–H groups in total. The van der Waals surface area contributed by atoms with Gasteiger partial charge in [-0.05, 0) is 54.9 Å². The van der Waals surface area contributed by atoms with E-state index in [-0.39, 0.29) is 5.75 Å². The van der Waals surface area contributed by atoms with E-state index in [9.17, 15) is 12.3 Å². The van der Waals surface area contributed by atoms with E-state index in [2.05, 4.69) is 21.7 Å². The predicted octanol–water partition coefficient (Wildman–Crippen LogP) is 2.90. The van der Waals surface area contributed by atoms with Gasteiger partial charge in [0.2, 0.25) is 0 Å². The monoisotopic (exact) mass is 297 g/mol. The molecular weight excluding hydrogens is 281 g/mol. The van der Waals surface area contributed by atoms with E-state index in [1.807, 2.05) is 0 Å². The van der Waals surface area contributed by atoms with Gasteiger partial charge in [0.1, 0.15) is 5.75 Å². The first kappa shape index (κ1) is 13.4. The average molecular weight is 297 g/mol. The normalized spacial score (nSPS) is 27.8. The van der Waals surface area contributed by atoms with Gasteiger partial charge in [-0.3, -0.25) is 0 Å². The molecule has 4 nitrogen and oxygen atoms in total. The van der Waals surface area contributed by atoms with Gasteiger partial charge in [-0.25, -0.2) is 0 Å². The molecule has 3 atom stereocenters. The Bertz CT molecular complexity index is 612. The molecule has 108 valence electrons. The van der Waals surface area contributed by atoms with Crippen molar-refractivity contribution in [2.45, 2.75) is 12.8 Å². The SMILES string of the molecule is O=S(=O)(F)Oc1ccc(NCC2CC3C=CC2C3)cc1. The van der Waals surface area contributed by atoms with Crippen molar-refractivity contribution in [3.8, 4) is 5.75 Å². The van der Waals surface area contributed by atoms with Crippen LogP contribution >= 0.6 is 0 Å². The van der Waals surface area contributed by atoms with E-state index in [0.29, 0.717) is 11.8 Å². The van der Waals surface area contributed by atoms with Gasteiger partial charge in [0.15, 0.2) is 0 Å². The number of halogens is 1.